The number of nitrogens with one attached hydrogen (secondary N) is 2. The molecule has 4 rings (SSSR count). The molecule has 2 amide bonds. The van der Waals surface area contributed by atoms with Gasteiger partial charge in [-0.15, -0.1) is 0 Å². The van der Waals surface area contributed by atoms with E-state index < -0.39 is 0 Å². The van der Waals surface area contributed by atoms with Gasteiger partial charge in [0, 0.05) is 18.7 Å². The van der Waals surface area contributed by atoms with Crippen molar-refractivity contribution in [3.8, 4) is 16.9 Å². The van der Waals surface area contributed by atoms with Gasteiger partial charge in [0.15, 0.2) is 5.82 Å². The van der Waals surface area contributed by atoms with E-state index in [0.717, 1.165) is 25.2 Å². The Morgan fingerprint density at radius 1 is 1.03 bits per heavy atom. The first-order chi connectivity index (χ1) is 15.1. The average molecular weight is 439 g/mol. The number of piperidine rings is 1. The van der Waals surface area contributed by atoms with Crippen LogP contribution in [0.2, 0.25) is 5.02 Å². The van der Waals surface area contributed by atoms with Gasteiger partial charge in [0.2, 0.25) is 0 Å². The molecule has 0 bridgehead atoms. The standard InChI is InChI=1S/C23H27ClN6O/c24-18-11-5-6-12-19(18)30-22(25)21(20(28-30)17-9-3-1-4-10-17)27-23(31)26-13-16-29-14-7-2-8-15-29/h1,3-6,9-12H,2,7-8,13-16,25H2,(H2,26,27,31). The number of halogens is 1. The minimum atomic E-state index is -0.306. The van der Waals surface area contributed by atoms with Gasteiger partial charge in [0.05, 0.1) is 10.7 Å². The van der Waals surface area contributed by atoms with Gasteiger partial charge in [-0.2, -0.15) is 5.10 Å². The van der Waals surface area contributed by atoms with E-state index in [2.05, 4.69) is 20.6 Å². The molecule has 1 fully saturated rings. The molecule has 3 aromatic rings. The Labute approximate surface area is 187 Å². The molecule has 1 aromatic heterocycles. The van der Waals surface area contributed by atoms with Crippen molar-refractivity contribution in [3.63, 3.8) is 0 Å². The van der Waals surface area contributed by atoms with E-state index in [1.807, 2.05) is 48.5 Å². The fourth-order valence-electron chi connectivity index (χ4n) is 3.83. The molecule has 0 saturated carbocycles. The Bertz CT molecular complexity index is 1030. The van der Waals surface area contributed by atoms with Crippen LogP contribution in [0.4, 0.5) is 16.3 Å². The highest BCUT2D eigenvalue weighted by Crippen LogP contribution is 2.35. The van der Waals surface area contributed by atoms with Crippen molar-refractivity contribution in [1.82, 2.24) is 20.0 Å². The maximum atomic E-state index is 12.6. The molecular weight excluding hydrogens is 412 g/mol. The van der Waals surface area contributed by atoms with E-state index >= 15 is 0 Å². The number of nitrogens with zero attached hydrogens (tertiary/aromatic N) is 3. The Morgan fingerprint density at radius 3 is 2.48 bits per heavy atom. The predicted molar refractivity (Wildman–Crippen MR) is 126 cm³/mol. The number of carbonyl (C=O) groups is 1. The van der Waals surface area contributed by atoms with Crippen LogP contribution >= 0.6 is 11.6 Å². The maximum Gasteiger partial charge on any atom is 0.319 e. The minimum absolute atomic E-state index is 0.306. The smallest absolute Gasteiger partial charge is 0.319 e. The molecule has 8 heteroatoms. The van der Waals surface area contributed by atoms with Crippen molar-refractivity contribution in [1.29, 1.82) is 0 Å². The third-order valence-corrected chi connectivity index (χ3v) is 5.77. The lowest BCUT2D eigenvalue weighted by Gasteiger charge is -2.26. The van der Waals surface area contributed by atoms with Crippen LogP contribution < -0.4 is 16.4 Å². The summed E-state index contributed by atoms with van der Waals surface area (Å²) in [5, 5.41) is 11.0. The number of anilines is 2. The minimum Gasteiger partial charge on any atom is -0.382 e. The van der Waals surface area contributed by atoms with Crippen LogP contribution in [-0.4, -0.2) is 46.9 Å². The van der Waals surface area contributed by atoms with Gasteiger partial charge in [-0.25, -0.2) is 9.48 Å². The van der Waals surface area contributed by atoms with E-state index in [4.69, 9.17) is 17.3 Å². The highest BCUT2D eigenvalue weighted by molar-refractivity contribution is 6.32. The van der Waals surface area contributed by atoms with Crippen LogP contribution in [0, 0.1) is 0 Å². The number of amides is 2. The normalized spacial score (nSPS) is 14.4. The van der Waals surface area contributed by atoms with Crippen LogP contribution in [0.15, 0.2) is 54.6 Å². The summed E-state index contributed by atoms with van der Waals surface area (Å²) >= 11 is 6.37. The van der Waals surface area contributed by atoms with Crippen LogP contribution in [0.25, 0.3) is 16.9 Å². The Balaban J connectivity index is 1.55. The highest BCUT2D eigenvalue weighted by Gasteiger charge is 2.21. The lowest BCUT2D eigenvalue weighted by Crippen LogP contribution is -2.39. The van der Waals surface area contributed by atoms with Crippen molar-refractivity contribution in [2.24, 2.45) is 0 Å². The van der Waals surface area contributed by atoms with Gasteiger partial charge in [-0.3, -0.25) is 0 Å². The largest absolute Gasteiger partial charge is 0.382 e. The van der Waals surface area contributed by atoms with Gasteiger partial charge in [-0.1, -0.05) is 60.5 Å². The topological polar surface area (TPSA) is 88.2 Å². The summed E-state index contributed by atoms with van der Waals surface area (Å²) in [6.07, 6.45) is 3.75. The molecule has 1 saturated heterocycles. The number of urea groups is 1. The molecule has 2 aromatic carbocycles. The SMILES string of the molecule is Nc1c(NC(=O)NCCN2CCCCC2)c(-c2ccccc2)nn1-c1ccccc1Cl. The molecule has 0 unspecified atom stereocenters. The van der Waals surface area contributed by atoms with Crippen molar-refractivity contribution in [3.05, 3.63) is 59.6 Å². The number of likely N-dealkylation sites (tertiary alicyclic amines) is 1. The Hall–Kier alpha value is -3.03. The molecule has 1 aliphatic rings. The first kappa shape index (κ1) is 21.2. The van der Waals surface area contributed by atoms with Crippen LogP contribution in [0.5, 0.6) is 0 Å². The third-order valence-electron chi connectivity index (χ3n) is 5.45. The van der Waals surface area contributed by atoms with E-state index in [9.17, 15) is 4.79 Å². The number of carbonyl (C=O) groups excluding carboxylic acids is 1. The van der Waals surface area contributed by atoms with E-state index in [0.29, 0.717) is 34.5 Å². The molecule has 162 valence electrons. The lowest BCUT2D eigenvalue weighted by molar-refractivity contribution is 0.224. The number of nitrogen functional groups attached to an aromatic ring is 1. The van der Waals surface area contributed by atoms with Crippen LogP contribution in [-0.2, 0) is 0 Å². The molecule has 4 N–H and O–H groups in total. The quantitative estimate of drug-likeness (QED) is 0.532. The maximum absolute atomic E-state index is 12.6. The second-order valence-electron chi connectivity index (χ2n) is 7.62. The number of benzene rings is 2. The Morgan fingerprint density at radius 2 is 1.74 bits per heavy atom. The van der Waals surface area contributed by atoms with Gasteiger partial charge < -0.3 is 21.3 Å². The summed E-state index contributed by atoms with van der Waals surface area (Å²) in [7, 11) is 0. The van der Waals surface area contributed by atoms with Crippen molar-refractivity contribution < 1.29 is 4.79 Å². The predicted octanol–water partition coefficient (Wildman–Crippen LogP) is 4.38. The number of hydrogen-bond acceptors (Lipinski definition) is 4. The van der Waals surface area contributed by atoms with Gasteiger partial charge in [-0.05, 0) is 38.1 Å². The molecule has 1 aliphatic heterocycles. The second kappa shape index (κ2) is 9.85. The summed E-state index contributed by atoms with van der Waals surface area (Å²) in [4.78, 5) is 15.0. The summed E-state index contributed by atoms with van der Waals surface area (Å²) in [6.45, 7) is 3.61. The Kier molecular flexibility index (Phi) is 6.74. The number of rotatable bonds is 6. The molecule has 7 nitrogen and oxygen atoms in total. The van der Waals surface area contributed by atoms with Crippen molar-refractivity contribution in [2.75, 3.05) is 37.2 Å². The molecule has 2 heterocycles. The summed E-state index contributed by atoms with van der Waals surface area (Å²) in [5.74, 6) is 0.318. The monoisotopic (exact) mass is 438 g/mol. The van der Waals surface area contributed by atoms with Crippen LogP contribution in [0.1, 0.15) is 19.3 Å². The highest BCUT2D eigenvalue weighted by atomic mass is 35.5. The van der Waals surface area contributed by atoms with E-state index in [1.165, 1.54) is 19.3 Å². The molecule has 31 heavy (non-hydrogen) atoms. The number of aromatic nitrogens is 2. The summed E-state index contributed by atoms with van der Waals surface area (Å²) in [5.41, 5.74) is 8.98. The number of hydrogen-bond donors (Lipinski definition) is 3. The third kappa shape index (κ3) is 5.00. The van der Waals surface area contributed by atoms with Gasteiger partial charge in [0.25, 0.3) is 0 Å². The first-order valence-electron chi connectivity index (χ1n) is 10.6. The summed E-state index contributed by atoms with van der Waals surface area (Å²) < 4.78 is 1.56. The average Bonchev–Trinajstić information content (AvgIpc) is 3.11. The zero-order valence-corrected chi connectivity index (χ0v) is 18.1. The number of para-hydroxylation sites is 1. The summed E-state index contributed by atoms with van der Waals surface area (Å²) in [6, 6.07) is 16.6. The zero-order chi connectivity index (χ0) is 21.6. The molecule has 0 spiro atoms. The van der Waals surface area contributed by atoms with Crippen molar-refractivity contribution >= 4 is 29.1 Å². The number of nitrogens with two attached hydrogens (primary N) is 1. The van der Waals surface area contributed by atoms with Crippen molar-refractivity contribution in [2.45, 2.75) is 19.3 Å². The fourth-order valence-corrected chi connectivity index (χ4v) is 4.04. The van der Waals surface area contributed by atoms with E-state index in [-0.39, 0.29) is 6.03 Å². The second-order valence-corrected chi connectivity index (χ2v) is 8.03. The fraction of sp³-hybridized carbons (Fsp3) is 0.304. The van der Waals surface area contributed by atoms with Gasteiger partial charge in [0.1, 0.15) is 11.4 Å². The zero-order valence-electron chi connectivity index (χ0n) is 17.4. The molecular formula is C23H27ClN6O. The van der Waals surface area contributed by atoms with Crippen LogP contribution in [0.3, 0.4) is 0 Å². The van der Waals surface area contributed by atoms with Gasteiger partial charge >= 0.3 is 6.03 Å². The first-order valence-corrected chi connectivity index (χ1v) is 11.0. The molecule has 0 atom stereocenters. The van der Waals surface area contributed by atoms with E-state index in [1.54, 1.807) is 10.7 Å². The molecule has 0 aliphatic carbocycles. The lowest BCUT2D eigenvalue weighted by atomic mass is 10.1. The molecule has 0 radical (unpaired) electrons.